The third kappa shape index (κ3) is 6.19. The smallest absolute Gasteiger partial charge is 0.270 e. The molecule has 186 valence electrons. The fraction of sp³-hybridized carbons (Fsp3) is 0.185. The summed E-state index contributed by atoms with van der Waals surface area (Å²) in [5.41, 5.74) is 2.18. The van der Waals surface area contributed by atoms with Gasteiger partial charge in [-0.05, 0) is 68.0 Å². The summed E-state index contributed by atoms with van der Waals surface area (Å²) < 4.78 is 31.3. The highest BCUT2D eigenvalue weighted by Gasteiger charge is 2.33. The molecule has 1 amide bonds. The van der Waals surface area contributed by atoms with Crippen LogP contribution in [-0.2, 0) is 4.79 Å². The minimum Gasteiger partial charge on any atom is -0.490 e. The highest BCUT2D eigenvalue weighted by molar-refractivity contribution is 8.27. The Labute approximate surface area is 223 Å². The Bertz CT molecular complexity index is 1310. The fourth-order valence-electron chi connectivity index (χ4n) is 3.47. The maximum absolute atomic E-state index is 13.7. The Hall–Kier alpha value is -3.07. The van der Waals surface area contributed by atoms with Gasteiger partial charge in [0.1, 0.15) is 24.8 Å². The monoisotopic (exact) mass is 543 g/mol. The van der Waals surface area contributed by atoms with Gasteiger partial charge in [-0.2, -0.15) is 0 Å². The van der Waals surface area contributed by atoms with Crippen LogP contribution in [0.4, 0.5) is 10.1 Å². The number of halogens is 2. The van der Waals surface area contributed by atoms with Gasteiger partial charge in [0.25, 0.3) is 5.91 Å². The van der Waals surface area contributed by atoms with Crippen molar-refractivity contribution in [2.75, 3.05) is 24.7 Å². The molecule has 36 heavy (non-hydrogen) atoms. The predicted octanol–water partition coefficient (Wildman–Crippen LogP) is 7.05. The van der Waals surface area contributed by atoms with E-state index in [1.807, 2.05) is 38.1 Å². The molecule has 1 aliphatic rings. The van der Waals surface area contributed by atoms with Gasteiger partial charge in [0, 0.05) is 0 Å². The van der Waals surface area contributed by atoms with Crippen molar-refractivity contribution in [2.45, 2.75) is 13.8 Å². The third-order valence-corrected chi connectivity index (χ3v) is 6.69. The van der Waals surface area contributed by atoms with Gasteiger partial charge >= 0.3 is 0 Å². The van der Waals surface area contributed by atoms with Crippen molar-refractivity contribution in [1.29, 1.82) is 0 Å². The highest BCUT2D eigenvalue weighted by Crippen LogP contribution is 2.40. The van der Waals surface area contributed by atoms with Crippen LogP contribution in [0.3, 0.4) is 0 Å². The molecule has 0 N–H and O–H groups in total. The van der Waals surface area contributed by atoms with Gasteiger partial charge in [-0.3, -0.25) is 9.69 Å². The standard InChI is InChI=1S/C27H23ClFNO4S2/c1-3-32-23-14-18(13-22(28)25(23)34-12-11-33-21-9-7-17(2)8-10-21)15-24-26(31)30(27(35)36-24)20-6-4-5-19(29)16-20/h4-10,13-16H,3,11-12H2,1-2H3/b24-15-. The molecule has 3 aromatic carbocycles. The molecule has 0 saturated carbocycles. The van der Waals surface area contributed by atoms with Crippen molar-refractivity contribution in [3.8, 4) is 17.2 Å². The largest absolute Gasteiger partial charge is 0.490 e. The Kier molecular flexibility index (Phi) is 8.51. The second kappa shape index (κ2) is 11.8. The van der Waals surface area contributed by atoms with Gasteiger partial charge in [-0.25, -0.2) is 4.39 Å². The van der Waals surface area contributed by atoms with Crippen molar-refractivity contribution in [2.24, 2.45) is 0 Å². The summed E-state index contributed by atoms with van der Waals surface area (Å²) in [7, 11) is 0. The summed E-state index contributed by atoms with van der Waals surface area (Å²) in [6, 6.07) is 16.9. The van der Waals surface area contributed by atoms with E-state index in [1.54, 1.807) is 24.3 Å². The normalized spacial score (nSPS) is 14.4. The van der Waals surface area contributed by atoms with Crippen LogP contribution < -0.4 is 19.1 Å². The first-order valence-corrected chi connectivity index (χ1v) is 12.8. The lowest BCUT2D eigenvalue weighted by molar-refractivity contribution is -0.113. The number of anilines is 1. The van der Waals surface area contributed by atoms with Gasteiger partial charge in [-0.1, -0.05) is 59.3 Å². The molecule has 0 aromatic heterocycles. The number of nitrogens with zero attached hydrogens (tertiary/aromatic N) is 1. The molecule has 0 aliphatic carbocycles. The molecule has 0 bridgehead atoms. The van der Waals surface area contributed by atoms with E-state index in [2.05, 4.69) is 0 Å². The van der Waals surface area contributed by atoms with Crippen molar-refractivity contribution in [3.63, 3.8) is 0 Å². The average Bonchev–Trinajstić information content (AvgIpc) is 3.12. The number of carbonyl (C=O) groups excluding carboxylic acids is 1. The Morgan fingerprint density at radius 2 is 1.81 bits per heavy atom. The summed E-state index contributed by atoms with van der Waals surface area (Å²) >= 11 is 13.0. The number of hydrogen-bond donors (Lipinski definition) is 0. The minimum atomic E-state index is -0.446. The predicted molar refractivity (Wildman–Crippen MR) is 147 cm³/mol. The summed E-state index contributed by atoms with van der Waals surface area (Å²) in [6.45, 7) is 4.86. The van der Waals surface area contributed by atoms with Gasteiger partial charge in [0.15, 0.2) is 15.8 Å². The first-order valence-electron chi connectivity index (χ1n) is 11.2. The number of thiocarbonyl (C=S) groups is 1. The molecule has 3 aromatic rings. The number of hydrogen-bond acceptors (Lipinski definition) is 6. The van der Waals surface area contributed by atoms with Gasteiger partial charge in [0.2, 0.25) is 0 Å². The number of thioether (sulfide) groups is 1. The van der Waals surface area contributed by atoms with Crippen molar-refractivity contribution < 1.29 is 23.4 Å². The maximum atomic E-state index is 13.7. The van der Waals surface area contributed by atoms with Crippen molar-refractivity contribution in [1.82, 2.24) is 0 Å². The topological polar surface area (TPSA) is 48.0 Å². The van der Waals surface area contributed by atoms with E-state index in [0.717, 1.165) is 23.1 Å². The number of benzene rings is 3. The molecule has 0 atom stereocenters. The van der Waals surface area contributed by atoms with E-state index in [-0.39, 0.29) is 12.5 Å². The minimum absolute atomic E-state index is 0.263. The van der Waals surface area contributed by atoms with Crippen LogP contribution in [0.2, 0.25) is 5.02 Å². The zero-order valence-corrected chi connectivity index (χ0v) is 22.0. The Morgan fingerprint density at radius 3 is 2.53 bits per heavy atom. The molecule has 5 nitrogen and oxygen atoms in total. The summed E-state index contributed by atoms with van der Waals surface area (Å²) in [5.74, 6) is 0.825. The quantitative estimate of drug-likeness (QED) is 0.164. The molecule has 1 aliphatic heterocycles. The molecular formula is C27H23ClFNO4S2. The van der Waals surface area contributed by atoms with E-state index in [4.69, 9.17) is 38.0 Å². The second-order valence-electron chi connectivity index (χ2n) is 7.77. The van der Waals surface area contributed by atoms with Crippen LogP contribution in [0, 0.1) is 12.7 Å². The number of aryl methyl sites for hydroxylation is 1. The first kappa shape index (κ1) is 26.0. The van der Waals surface area contributed by atoms with Crippen molar-refractivity contribution in [3.05, 3.63) is 87.5 Å². The lowest BCUT2D eigenvalue weighted by Crippen LogP contribution is -2.27. The SMILES string of the molecule is CCOc1cc(/C=C2\SC(=S)N(c3cccc(F)c3)C2=O)cc(Cl)c1OCCOc1ccc(C)cc1. The lowest BCUT2D eigenvalue weighted by atomic mass is 10.1. The van der Waals surface area contributed by atoms with Crippen LogP contribution in [0.5, 0.6) is 17.2 Å². The summed E-state index contributed by atoms with van der Waals surface area (Å²) in [6.07, 6.45) is 1.68. The molecular weight excluding hydrogens is 521 g/mol. The van der Waals surface area contributed by atoms with E-state index in [0.29, 0.717) is 50.2 Å². The highest BCUT2D eigenvalue weighted by atomic mass is 35.5. The van der Waals surface area contributed by atoms with E-state index < -0.39 is 5.82 Å². The lowest BCUT2D eigenvalue weighted by Gasteiger charge is -2.15. The molecule has 0 radical (unpaired) electrons. The van der Waals surface area contributed by atoms with Crippen LogP contribution in [0.15, 0.2) is 65.6 Å². The van der Waals surface area contributed by atoms with E-state index in [1.165, 1.54) is 23.1 Å². The number of carbonyl (C=O) groups is 1. The van der Waals surface area contributed by atoms with E-state index >= 15 is 0 Å². The van der Waals surface area contributed by atoms with E-state index in [9.17, 15) is 9.18 Å². The van der Waals surface area contributed by atoms with Crippen LogP contribution in [-0.4, -0.2) is 30.0 Å². The zero-order chi connectivity index (χ0) is 25.7. The fourth-order valence-corrected chi connectivity index (χ4v) is 5.04. The molecule has 1 heterocycles. The zero-order valence-electron chi connectivity index (χ0n) is 19.6. The van der Waals surface area contributed by atoms with Gasteiger partial charge in [-0.15, -0.1) is 0 Å². The van der Waals surface area contributed by atoms with Crippen molar-refractivity contribution >= 4 is 57.6 Å². The molecule has 4 rings (SSSR count). The average molecular weight is 544 g/mol. The summed E-state index contributed by atoms with van der Waals surface area (Å²) in [4.78, 5) is 14.7. The number of amides is 1. The van der Waals surface area contributed by atoms with Gasteiger partial charge < -0.3 is 14.2 Å². The Balaban J connectivity index is 1.49. The third-order valence-electron chi connectivity index (χ3n) is 5.11. The van der Waals surface area contributed by atoms with Gasteiger partial charge in [0.05, 0.1) is 22.2 Å². The van der Waals surface area contributed by atoms with Crippen LogP contribution in [0.1, 0.15) is 18.1 Å². The van der Waals surface area contributed by atoms with Crippen LogP contribution >= 0.6 is 35.6 Å². The Morgan fingerprint density at radius 1 is 1.06 bits per heavy atom. The summed E-state index contributed by atoms with van der Waals surface area (Å²) in [5, 5.41) is 0.336. The molecule has 0 spiro atoms. The second-order valence-corrected chi connectivity index (χ2v) is 9.85. The first-order chi connectivity index (χ1) is 17.4. The molecule has 0 unspecified atom stereocenters. The number of ether oxygens (including phenoxy) is 3. The molecule has 9 heteroatoms. The number of rotatable bonds is 9. The molecule has 1 saturated heterocycles. The van der Waals surface area contributed by atoms with Crippen LogP contribution in [0.25, 0.3) is 6.08 Å². The molecule has 1 fully saturated rings. The maximum Gasteiger partial charge on any atom is 0.270 e.